The molecule has 104 valence electrons. The van der Waals surface area contributed by atoms with Gasteiger partial charge in [-0.3, -0.25) is 4.79 Å². The Morgan fingerprint density at radius 1 is 0.944 bits per heavy atom. The van der Waals surface area contributed by atoms with Crippen LogP contribution < -0.4 is 0 Å². The molecular formula is C16H28O2. The van der Waals surface area contributed by atoms with Gasteiger partial charge in [0.2, 0.25) is 0 Å². The lowest BCUT2D eigenvalue weighted by atomic mass is 10.1. The molecule has 1 aliphatic rings. The first-order valence-corrected chi connectivity index (χ1v) is 7.50. The van der Waals surface area contributed by atoms with Crippen LogP contribution >= 0.6 is 0 Å². The lowest BCUT2D eigenvalue weighted by molar-refractivity contribution is -0.152. The molecule has 0 N–H and O–H groups in total. The van der Waals surface area contributed by atoms with E-state index < -0.39 is 5.60 Å². The van der Waals surface area contributed by atoms with Gasteiger partial charge >= 0.3 is 5.97 Å². The minimum absolute atomic E-state index is 0.0560. The molecule has 0 saturated heterocycles. The zero-order valence-electron chi connectivity index (χ0n) is 12.0. The van der Waals surface area contributed by atoms with Gasteiger partial charge in [0.25, 0.3) is 0 Å². The third-order valence-electron chi connectivity index (χ3n) is 3.40. The predicted molar refractivity (Wildman–Crippen MR) is 75.5 cm³/mol. The smallest absolute Gasteiger partial charge is 0.306 e. The fourth-order valence-corrected chi connectivity index (χ4v) is 2.34. The normalized spacial score (nSPS) is 25.6. The van der Waals surface area contributed by atoms with E-state index in [2.05, 4.69) is 6.08 Å². The van der Waals surface area contributed by atoms with Crippen molar-refractivity contribution in [2.45, 2.75) is 83.7 Å². The highest BCUT2D eigenvalue weighted by molar-refractivity contribution is 5.70. The average Bonchev–Trinajstić information content (AvgIpc) is 2.29. The molecule has 18 heavy (non-hydrogen) atoms. The molecule has 0 saturated carbocycles. The summed E-state index contributed by atoms with van der Waals surface area (Å²) >= 11 is 0. The number of carbonyl (C=O) groups is 1. The maximum absolute atomic E-state index is 11.7. The van der Waals surface area contributed by atoms with Crippen LogP contribution in [-0.4, -0.2) is 11.6 Å². The van der Waals surface area contributed by atoms with E-state index in [9.17, 15) is 4.79 Å². The molecule has 0 aliphatic carbocycles. The van der Waals surface area contributed by atoms with Crippen molar-refractivity contribution < 1.29 is 9.53 Å². The van der Waals surface area contributed by atoms with Crippen LogP contribution in [0.15, 0.2) is 12.2 Å². The van der Waals surface area contributed by atoms with Gasteiger partial charge in [0.1, 0.15) is 5.60 Å². The molecule has 0 aromatic carbocycles. The summed E-state index contributed by atoms with van der Waals surface area (Å²) in [6.07, 6.45) is 15.8. The van der Waals surface area contributed by atoms with Gasteiger partial charge in [-0.2, -0.15) is 0 Å². The Morgan fingerprint density at radius 3 is 2.17 bits per heavy atom. The van der Waals surface area contributed by atoms with Gasteiger partial charge in [-0.1, -0.05) is 44.6 Å². The summed E-state index contributed by atoms with van der Waals surface area (Å²) in [7, 11) is 0. The Hall–Kier alpha value is -0.790. The van der Waals surface area contributed by atoms with Gasteiger partial charge in [0.15, 0.2) is 0 Å². The summed E-state index contributed by atoms with van der Waals surface area (Å²) in [5.41, 5.74) is -0.447. The first-order chi connectivity index (χ1) is 8.60. The Balaban J connectivity index is 2.44. The monoisotopic (exact) mass is 252 g/mol. The zero-order valence-corrected chi connectivity index (χ0v) is 12.0. The molecule has 0 spiro atoms. The zero-order chi connectivity index (χ0) is 13.3. The maximum Gasteiger partial charge on any atom is 0.306 e. The molecule has 1 heterocycles. The molecule has 0 unspecified atom stereocenters. The molecule has 1 aliphatic heterocycles. The van der Waals surface area contributed by atoms with Crippen molar-refractivity contribution in [3.63, 3.8) is 0 Å². The van der Waals surface area contributed by atoms with Crippen molar-refractivity contribution in [2.75, 3.05) is 0 Å². The lowest BCUT2D eigenvalue weighted by Crippen LogP contribution is -2.25. The van der Waals surface area contributed by atoms with Crippen molar-refractivity contribution in [1.82, 2.24) is 0 Å². The fraction of sp³-hybridized carbons (Fsp3) is 0.812. The summed E-state index contributed by atoms with van der Waals surface area (Å²) in [6, 6.07) is 0. The number of hydrogen-bond donors (Lipinski definition) is 0. The summed E-state index contributed by atoms with van der Waals surface area (Å²) in [5, 5.41) is 0. The number of esters is 1. The Bertz CT molecular complexity index is 266. The first kappa shape index (κ1) is 15.3. The van der Waals surface area contributed by atoms with Crippen LogP contribution in [0.1, 0.15) is 78.1 Å². The van der Waals surface area contributed by atoms with E-state index in [1.165, 1.54) is 38.5 Å². The van der Waals surface area contributed by atoms with Crippen LogP contribution in [0.25, 0.3) is 0 Å². The van der Waals surface area contributed by atoms with Crippen LogP contribution in [0.2, 0.25) is 0 Å². The quantitative estimate of drug-likeness (QED) is 0.458. The number of allylic oxidation sites excluding steroid dienone is 1. The SMILES string of the molecule is CC1(C)/C=C\CCCCCCCCCCC(=O)O1. The summed E-state index contributed by atoms with van der Waals surface area (Å²) in [5.74, 6) is -0.0560. The second-order valence-corrected chi connectivity index (χ2v) is 5.85. The molecule has 2 heteroatoms. The molecule has 0 amide bonds. The minimum atomic E-state index is -0.447. The van der Waals surface area contributed by atoms with E-state index in [1.807, 2.05) is 19.9 Å². The highest BCUT2D eigenvalue weighted by Gasteiger charge is 2.18. The third-order valence-corrected chi connectivity index (χ3v) is 3.40. The number of rotatable bonds is 0. The second-order valence-electron chi connectivity index (χ2n) is 5.85. The van der Waals surface area contributed by atoms with Gasteiger partial charge < -0.3 is 4.74 Å². The molecule has 0 aromatic heterocycles. The molecule has 2 nitrogen and oxygen atoms in total. The Labute approximate surface area is 112 Å². The predicted octanol–water partition coefficient (Wildman–Crippen LogP) is 4.78. The number of ether oxygens (including phenoxy) is 1. The first-order valence-electron chi connectivity index (χ1n) is 7.50. The van der Waals surface area contributed by atoms with Gasteiger partial charge in [-0.05, 0) is 39.2 Å². The number of cyclic esters (lactones) is 1. The number of carbonyl (C=O) groups excluding carboxylic acids is 1. The second kappa shape index (κ2) is 8.34. The van der Waals surface area contributed by atoms with Crippen molar-refractivity contribution >= 4 is 5.97 Å². The van der Waals surface area contributed by atoms with Crippen LogP contribution in [0.3, 0.4) is 0 Å². The van der Waals surface area contributed by atoms with Gasteiger partial charge in [-0.25, -0.2) is 0 Å². The molecule has 0 bridgehead atoms. The topological polar surface area (TPSA) is 26.3 Å². The number of hydrogen-bond acceptors (Lipinski definition) is 2. The Kier molecular flexibility index (Phi) is 7.07. The molecule has 0 atom stereocenters. The van der Waals surface area contributed by atoms with E-state index >= 15 is 0 Å². The lowest BCUT2D eigenvalue weighted by Gasteiger charge is -2.21. The Morgan fingerprint density at radius 2 is 1.50 bits per heavy atom. The van der Waals surface area contributed by atoms with Gasteiger partial charge in [0.05, 0.1) is 0 Å². The summed E-state index contributed by atoms with van der Waals surface area (Å²) in [6.45, 7) is 3.92. The third kappa shape index (κ3) is 7.52. The van der Waals surface area contributed by atoms with Crippen LogP contribution in [0, 0.1) is 0 Å². The largest absolute Gasteiger partial charge is 0.455 e. The standard InChI is InChI=1S/C16H28O2/c1-16(2)14-12-10-8-6-4-3-5-7-9-11-13-15(17)18-16/h12,14H,3-11,13H2,1-2H3/b14-12-. The highest BCUT2D eigenvalue weighted by atomic mass is 16.6. The van der Waals surface area contributed by atoms with Crippen molar-refractivity contribution in [1.29, 1.82) is 0 Å². The van der Waals surface area contributed by atoms with Crippen molar-refractivity contribution in [3.05, 3.63) is 12.2 Å². The van der Waals surface area contributed by atoms with Gasteiger partial charge in [-0.15, -0.1) is 0 Å². The van der Waals surface area contributed by atoms with E-state index in [0.717, 1.165) is 19.3 Å². The van der Waals surface area contributed by atoms with Crippen molar-refractivity contribution in [3.8, 4) is 0 Å². The fourth-order valence-electron chi connectivity index (χ4n) is 2.34. The van der Waals surface area contributed by atoms with E-state index in [1.54, 1.807) is 0 Å². The minimum Gasteiger partial charge on any atom is -0.455 e. The van der Waals surface area contributed by atoms with E-state index in [-0.39, 0.29) is 5.97 Å². The van der Waals surface area contributed by atoms with Crippen LogP contribution in [0.4, 0.5) is 0 Å². The van der Waals surface area contributed by atoms with E-state index in [4.69, 9.17) is 4.74 Å². The van der Waals surface area contributed by atoms with Crippen molar-refractivity contribution in [2.24, 2.45) is 0 Å². The van der Waals surface area contributed by atoms with Crippen LogP contribution in [-0.2, 0) is 9.53 Å². The molecular weight excluding hydrogens is 224 g/mol. The molecule has 1 rings (SSSR count). The summed E-state index contributed by atoms with van der Waals surface area (Å²) in [4.78, 5) is 11.7. The van der Waals surface area contributed by atoms with Gasteiger partial charge in [0, 0.05) is 6.42 Å². The average molecular weight is 252 g/mol. The van der Waals surface area contributed by atoms with E-state index in [0.29, 0.717) is 6.42 Å². The molecule has 0 aromatic rings. The van der Waals surface area contributed by atoms with Crippen LogP contribution in [0.5, 0.6) is 0 Å². The summed E-state index contributed by atoms with van der Waals surface area (Å²) < 4.78 is 5.49. The molecule has 0 fully saturated rings. The maximum atomic E-state index is 11.7. The molecule has 0 radical (unpaired) electrons. The highest BCUT2D eigenvalue weighted by Crippen LogP contribution is 2.17.